The summed E-state index contributed by atoms with van der Waals surface area (Å²) >= 11 is 1.57. The minimum atomic E-state index is -0.240. The van der Waals surface area contributed by atoms with Crippen molar-refractivity contribution in [1.82, 2.24) is 15.6 Å². The van der Waals surface area contributed by atoms with E-state index < -0.39 is 0 Å². The molecule has 7 nitrogen and oxygen atoms in total. The molecule has 2 heterocycles. The number of aromatic amines is 1. The highest BCUT2D eigenvalue weighted by Crippen LogP contribution is 2.32. The Kier molecular flexibility index (Phi) is 6.10. The molecule has 0 aliphatic heterocycles. The zero-order valence-corrected chi connectivity index (χ0v) is 17.0. The summed E-state index contributed by atoms with van der Waals surface area (Å²) < 4.78 is 10.6. The van der Waals surface area contributed by atoms with Crippen molar-refractivity contribution in [2.24, 2.45) is 5.10 Å². The van der Waals surface area contributed by atoms with Crippen LogP contribution in [0.15, 0.2) is 40.9 Å². The highest BCUT2D eigenvalue weighted by molar-refractivity contribution is 7.10. The van der Waals surface area contributed by atoms with Crippen LogP contribution < -0.4 is 14.9 Å². The molecule has 0 radical (unpaired) electrons. The minimum Gasteiger partial charge on any atom is -0.493 e. The van der Waals surface area contributed by atoms with Crippen molar-refractivity contribution < 1.29 is 14.3 Å². The molecule has 28 heavy (non-hydrogen) atoms. The van der Waals surface area contributed by atoms with Gasteiger partial charge in [-0.1, -0.05) is 13.8 Å². The Hall–Kier alpha value is -3.13. The first-order valence-electron chi connectivity index (χ1n) is 8.71. The molecule has 0 unspecified atom stereocenters. The van der Waals surface area contributed by atoms with Crippen molar-refractivity contribution in [2.45, 2.75) is 19.8 Å². The maximum Gasteiger partial charge on any atom is 0.272 e. The summed E-state index contributed by atoms with van der Waals surface area (Å²) in [7, 11) is 3.17. The number of thiophene rings is 1. The summed E-state index contributed by atoms with van der Waals surface area (Å²) in [6.45, 7) is 4.19. The molecule has 2 aromatic heterocycles. The molecule has 8 heteroatoms. The molecule has 0 aliphatic carbocycles. The summed E-state index contributed by atoms with van der Waals surface area (Å²) in [6.07, 6.45) is 3.20. The zero-order valence-electron chi connectivity index (χ0n) is 16.1. The van der Waals surface area contributed by atoms with Crippen LogP contribution in [0.3, 0.4) is 0 Å². The predicted molar refractivity (Wildman–Crippen MR) is 111 cm³/mol. The van der Waals surface area contributed by atoms with Gasteiger partial charge in [-0.25, -0.2) is 5.43 Å². The third kappa shape index (κ3) is 4.23. The van der Waals surface area contributed by atoms with Gasteiger partial charge in [-0.2, -0.15) is 10.2 Å². The van der Waals surface area contributed by atoms with Crippen LogP contribution >= 0.6 is 11.3 Å². The average molecular weight is 398 g/mol. The van der Waals surface area contributed by atoms with Crippen molar-refractivity contribution in [3.8, 4) is 22.8 Å². The van der Waals surface area contributed by atoms with Crippen LogP contribution in [0.2, 0.25) is 0 Å². The molecule has 2 N–H and O–H groups in total. The van der Waals surface area contributed by atoms with Crippen molar-refractivity contribution in [3.63, 3.8) is 0 Å². The molecule has 146 valence electrons. The van der Waals surface area contributed by atoms with Crippen molar-refractivity contribution in [2.75, 3.05) is 14.2 Å². The smallest absolute Gasteiger partial charge is 0.272 e. The third-order valence-electron chi connectivity index (χ3n) is 4.16. The molecule has 1 aromatic carbocycles. The number of rotatable bonds is 7. The van der Waals surface area contributed by atoms with Crippen LogP contribution in [-0.2, 0) is 0 Å². The van der Waals surface area contributed by atoms with Crippen LogP contribution in [0.25, 0.3) is 11.3 Å². The second-order valence-corrected chi connectivity index (χ2v) is 7.30. The van der Waals surface area contributed by atoms with Crippen molar-refractivity contribution in [1.29, 1.82) is 0 Å². The molecule has 0 spiro atoms. The van der Waals surface area contributed by atoms with Gasteiger partial charge in [-0.15, -0.1) is 11.3 Å². The third-order valence-corrected chi connectivity index (χ3v) is 5.39. The average Bonchev–Trinajstić information content (AvgIpc) is 3.37. The first-order chi connectivity index (χ1) is 13.5. The summed E-state index contributed by atoms with van der Waals surface area (Å²) in [5.41, 5.74) is 5.53. The minimum absolute atomic E-state index is 0.240. The number of amides is 1. The number of nitrogens with zero attached hydrogens (tertiary/aromatic N) is 2. The second-order valence-electron chi connectivity index (χ2n) is 6.36. The van der Waals surface area contributed by atoms with Gasteiger partial charge in [-0.05, 0) is 30.2 Å². The van der Waals surface area contributed by atoms with Crippen molar-refractivity contribution in [3.05, 3.63) is 51.8 Å². The van der Waals surface area contributed by atoms with E-state index in [1.165, 1.54) is 4.88 Å². The topological polar surface area (TPSA) is 88.6 Å². The lowest BCUT2D eigenvalue weighted by Crippen LogP contribution is -2.16. The van der Waals surface area contributed by atoms with Crippen LogP contribution in [0.5, 0.6) is 11.5 Å². The van der Waals surface area contributed by atoms with Crippen LogP contribution in [0.1, 0.15) is 40.6 Å². The molecule has 3 rings (SSSR count). The van der Waals surface area contributed by atoms with Gasteiger partial charge in [0.15, 0.2) is 11.5 Å². The Morgan fingerprint density at radius 1 is 1.25 bits per heavy atom. The molecule has 0 aliphatic rings. The monoisotopic (exact) mass is 398 g/mol. The number of hydrazone groups is 1. The Morgan fingerprint density at radius 3 is 2.71 bits per heavy atom. The number of hydrogen-bond donors (Lipinski definition) is 2. The molecule has 0 saturated heterocycles. The number of H-pyrrole nitrogens is 1. The number of nitrogens with one attached hydrogen (secondary N) is 2. The molecule has 0 atom stereocenters. The standard InChI is InChI=1S/C20H22N4O3S/c1-12(2)18-8-14(11-28-18)20(25)24-22-10-15-9-21-23-19(15)13-5-6-16(26-3)17(7-13)27-4/h5-12H,1-4H3,(H,21,23)(H,24,25). The Labute approximate surface area is 167 Å². The Balaban J connectivity index is 1.74. The van der Waals surface area contributed by atoms with E-state index in [1.54, 1.807) is 38.0 Å². The first-order valence-corrected chi connectivity index (χ1v) is 9.59. The van der Waals surface area contributed by atoms with E-state index in [2.05, 4.69) is 34.6 Å². The van der Waals surface area contributed by atoms with Crippen LogP contribution in [0.4, 0.5) is 0 Å². The van der Waals surface area contributed by atoms with Gasteiger partial charge in [0.05, 0.1) is 37.9 Å². The van der Waals surface area contributed by atoms with E-state index in [9.17, 15) is 4.79 Å². The lowest BCUT2D eigenvalue weighted by Gasteiger charge is -2.09. The maximum absolute atomic E-state index is 12.2. The number of hydrogen-bond acceptors (Lipinski definition) is 6. The lowest BCUT2D eigenvalue weighted by molar-refractivity contribution is 0.0955. The summed E-state index contributed by atoms with van der Waals surface area (Å²) in [5, 5.41) is 12.9. The number of carbonyl (C=O) groups excluding carboxylic acids is 1. The van der Waals surface area contributed by atoms with E-state index in [0.29, 0.717) is 23.0 Å². The highest BCUT2D eigenvalue weighted by Gasteiger charge is 2.12. The molecule has 0 bridgehead atoms. The quantitative estimate of drug-likeness (QED) is 0.464. The van der Waals surface area contributed by atoms with E-state index >= 15 is 0 Å². The van der Waals surface area contributed by atoms with Crippen LogP contribution in [0, 0.1) is 0 Å². The molecule has 1 amide bonds. The van der Waals surface area contributed by atoms with E-state index in [1.807, 2.05) is 29.6 Å². The lowest BCUT2D eigenvalue weighted by atomic mass is 10.1. The van der Waals surface area contributed by atoms with Gasteiger partial charge < -0.3 is 9.47 Å². The fourth-order valence-corrected chi connectivity index (χ4v) is 3.52. The number of ether oxygens (including phenoxy) is 2. The highest BCUT2D eigenvalue weighted by atomic mass is 32.1. The second kappa shape index (κ2) is 8.71. The summed E-state index contributed by atoms with van der Waals surface area (Å²) in [4.78, 5) is 13.4. The molecule has 0 fully saturated rings. The van der Waals surface area contributed by atoms with Gasteiger partial charge in [-0.3, -0.25) is 9.89 Å². The normalized spacial score (nSPS) is 11.2. The fraction of sp³-hybridized carbons (Fsp3) is 0.250. The maximum atomic E-state index is 12.2. The SMILES string of the molecule is COc1ccc(-c2[nH]ncc2C=NNC(=O)c2csc(C(C)C)c2)cc1OC. The molecular weight excluding hydrogens is 376 g/mol. The number of benzene rings is 1. The zero-order chi connectivity index (χ0) is 20.1. The van der Waals surface area contributed by atoms with Crippen molar-refractivity contribution >= 4 is 23.5 Å². The number of methoxy groups -OCH3 is 2. The van der Waals surface area contributed by atoms with Gasteiger partial charge in [0.1, 0.15) is 0 Å². The largest absolute Gasteiger partial charge is 0.493 e. The van der Waals surface area contributed by atoms with Crippen LogP contribution in [-0.4, -0.2) is 36.5 Å². The van der Waals surface area contributed by atoms with Gasteiger partial charge >= 0.3 is 0 Å². The van der Waals surface area contributed by atoms with E-state index in [0.717, 1.165) is 16.8 Å². The Bertz CT molecular complexity index is 991. The first kappa shape index (κ1) is 19.6. The summed E-state index contributed by atoms with van der Waals surface area (Å²) in [6, 6.07) is 7.46. The predicted octanol–water partition coefficient (Wildman–Crippen LogP) is 4.04. The number of carbonyl (C=O) groups is 1. The molecule has 0 saturated carbocycles. The molecule has 3 aromatic rings. The Morgan fingerprint density at radius 2 is 2.04 bits per heavy atom. The van der Waals surface area contributed by atoms with Gasteiger partial charge in [0, 0.05) is 21.4 Å². The van der Waals surface area contributed by atoms with Gasteiger partial charge in [0.25, 0.3) is 5.91 Å². The van der Waals surface area contributed by atoms with E-state index in [4.69, 9.17) is 9.47 Å². The summed E-state index contributed by atoms with van der Waals surface area (Å²) in [5.74, 6) is 1.41. The van der Waals surface area contributed by atoms with E-state index in [-0.39, 0.29) is 5.91 Å². The number of aromatic nitrogens is 2. The van der Waals surface area contributed by atoms with Gasteiger partial charge in [0.2, 0.25) is 0 Å². The fourth-order valence-electron chi connectivity index (χ4n) is 2.62. The molecular formula is C20H22N4O3S.